The van der Waals surface area contributed by atoms with Gasteiger partial charge in [-0.2, -0.15) is 0 Å². The highest BCUT2D eigenvalue weighted by Crippen LogP contribution is 2.20. The number of pyridine rings is 1. The Hall–Kier alpha value is -1.12. The van der Waals surface area contributed by atoms with E-state index in [1.807, 2.05) is 12.1 Å². The molecular formula is C16H26Cl2N4O3. The molecule has 3 heterocycles. The zero-order valence-corrected chi connectivity index (χ0v) is 15.7. The second kappa shape index (κ2) is 10.8. The SMILES string of the molecule is Cl.Cl.NC(C(=O)Nc1ccc(N2CCOCC2)cn1)C1CCOCC1. The average Bonchev–Trinajstić information content (AvgIpc) is 2.63. The number of nitrogens with two attached hydrogens (primary N) is 1. The number of carbonyl (C=O) groups is 1. The minimum absolute atomic E-state index is 0. The van der Waals surface area contributed by atoms with E-state index in [1.54, 1.807) is 6.20 Å². The van der Waals surface area contributed by atoms with Gasteiger partial charge in [0.2, 0.25) is 5.91 Å². The van der Waals surface area contributed by atoms with Crippen LogP contribution in [0.1, 0.15) is 12.8 Å². The molecule has 25 heavy (non-hydrogen) atoms. The monoisotopic (exact) mass is 392 g/mol. The number of carbonyl (C=O) groups excluding carboxylic acids is 1. The van der Waals surface area contributed by atoms with E-state index in [1.165, 1.54) is 0 Å². The van der Waals surface area contributed by atoms with E-state index in [9.17, 15) is 4.79 Å². The number of morpholine rings is 1. The molecule has 9 heteroatoms. The van der Waals surface area contributed by atoms with E-state index >= 15 is 0 Å². The third kappa shape index (κ3) is 5.97. The van der Waals surface area contributed by atoms with Gasteiger partial charge in [-0.3, -0.25) is 4.79 Å². The first-order valence-electron chi connectivity index (χ1n) is 8.17. The van der Waals surface area contributed by atoms with Crippen LogP contribution in [0.2, 0.25) is 0 Å². The summed E-state index contributed by atoms with van der Waals surface area (Å²) < 4.78 is 10.6. The molecule has 2 aliphatic rings. The highest BCUT2D eigenvalue weighted by Gasteiger charge is 2.26. The minimum Gasteiger partial charge on any atom is -0.381 e. The molecule has 3 rings (SSSR count). The van der Waals surface area contributed by atoms with E-state index in [0.717, 1.165) is 44.8 Å². The van der Waals surface area contributed by atoms with Crippen LogP contribution in [0, 0.1) is 5.92 Å². The van der Waals surface area contributed by atoms with Gasteiger partial charge in [0.05, 0.1) is 31.1 Å². The van der Waals surface area contributed by atoms with Gasteiger partial charge in [-0.05, 0) is 30.9 Å². The average molecular weight is 393 g/mol. The Morgan fingerprint density at radius 2 is 1.80 bits per heavy atom. The van der Waals surface area contributed by atoms with Crippen molar-refractivity contribution in [1.82, 2.24) is 4.98 Å². The largest absolute Gasteiger partial charge is 0.381 e. The molecule has 0 aromatic carbocycles. The number of hydrogen-bond donors (Lipinski definition) is 2. The Morgan fingerprint density at radius 3 is 2.40 bits per heavy atom. The number of nitrogens with one attached hydrogen (secondary N) is 1. The zero-order valence-electron chi connectivity index (χ0n) is 14.1. The van der Waals surface area contributed by atoms with E-state index < -0.39 is 6.04 Å². The molecule has 3 N–H and O–H groups in total. The number of ether oxygens (including phenoxy) is 2. The maximum atomic E-state index is 12.3. The van der Waals surface area contributed by atoms with Gasteiger partial charge in [0.15, 0.2) is 0 Å². The molecular weight excluding hydrogens is 367 g/mol. The van der Waals surface area contributed by atoms with Crippen LogP contribution in [-0.4, -0.2) is 56.5 Å². The van der Waals surface area contributed by atoms with Gasteiger partial charge in [-0.25, -0.2) is 4.98 Å². The van der Waals surface area contributed by atoms with Gasteiger partial charge >= 0.3 is 0 Å². The Kier molecular flexibility index (Phi) is 9.45. The number of anilines is 2. The summed E-state index contributed by atoms with van der Waals surface area (Å²) in [7, 11) is 0. The van der Waals surface area contributed by atoms with Crippen molar-refractivity contribution in [3.8, 4) is 0 Å². The zero-order chi connectivity index (χ0) is 16.1. The van der Waals surface area contributed by atoms with Crippen molar-refractivity contribution in [2.75, 3.05) is 49.7 Å². The topological polar surface area (TPSA) is 89.7 Å². The molecule has 2 fully saturated rings. The standard InChI is InChI=1S/C16H24N4O3.2ClH/c17-15(12-3-7-22-8-4-12)16(21)19-14-2-1-13(11-18-14)20-5-9-23-10-6-20;;/h1-2,11-12,15H,3-10,17H2,(H,18,19,21);2*1H. The second-order valence-electron chi connectivity index (χ2n) is 5.97. The highest BCUT2D eigenvalue weighted by atomic mass is 35.5. The molecule has 7 nitrogen and oxygen atoms in total. The third-order valence-electron chi connectivity index (χ3n) is 4.45. The number of halogens is 2. The summed E-state index contributed by atoms with van der Waals surface area (Å²) in [5, 5.41) is 2.81. The summed E-state index contributed by atoms with van der Waals surface area (Å²) in [5.41, 5.74) is 7.11. The minimum atomic E-state index is -0.514. The van der Waals surface area contributed by atoms with Gasteiger partial charge < -0.3 is 25.4 Å². The first-order chi connectivity index (χ1) is 11.2. The molecule has 1 aromatic rings. The Labute approximate surface area is 160 Å². The van der Waals surface area contributed by atoms with E-state index in [-0.39, 0.29) is 36.6 Å². The van der Waals surface area contributed by atoms with Crippen molar-refractivity contribution in [3.05, 3.63) is 18.3 Å². The number of aromatic nitrogens is 1. The fourth-order valence-corrected chi connectivity index (χ4v) is 2.97. The maximum absolute atomic E-state index is 12.3. The summed E-state index contributed by atoms with van der Waals surface area (Å²) in [4.78, 5) is 18.8. The molecule has 142 valence electrons. The molecule has 0 spiro atoms. The van der Waals surface area contributed by atoms with Crippen molar-refractivity contribution in [2.45, 2.75) is 18.9 Å². The fraction of sp³-hybridized carbons (Fsp3) is 0.625. The lowest BCUT2D eigenvalue weighted by molar-refractivity contribution is -0.119. The van der Waals surface area contributed by atoms with Crippen molar-refractivity contribution >= 4 is 42.2 Å². The van der Waals surface area contributed by atoms with Crippen LogP contribution in [-0.2, 0) is 14.3 Å². The fourth-order valence-electron chi connectivity index (χ4n) is 2.97. The molecule has 2 saturated heterocycles. The lowest BCUT2D eigenvalue weighted by Crippen LogP contribution is -2.44. The smallest absolute Gasteiger partial charge is 0.242 e. The molecule has 2 aliphatic heterocycles. The first-order valence-corrected chi connectivity index (χ1v) is 8.17. The van der Waals surface area contributed by atoms with Crippen molar-refractivity contribution in [2.24, 2.45) is 11.7 Å². The summed E-state index contributed by atoms with van der Waals surface area (Å²) in [6, 6.07) is 3.27. The normalized spacial score (nSPS) is 19.3. The van der Waals surface area contributed by atoms with Gasteiger partial charge in [-0.15, -0.1) is 24.8 Å². The molecule has 0 bridgehead atoms. The lowest BCUT2D eigenvalue weighted by Gasteiger charge is -2.28. The molecule has 1 amide bonds. The number of rotatable bonds is 4. The van der Waals surface area contributed by atoms with E-state index in [2.05, 4.69) is 15.2 Å². The lowest BCUT2D eigenvalue weighted by atomic mass is 9.92. The van der Waals surface area contributed by atoms with Crippen LogP contribution in [0.5, 0.6) is 0 Å². The predicted octanol–water partition coefficient (Wildman–Crippen LogP) is 1.45. The molecule has 0 aliphatic carbocycles. The van der Waals surface area contributed by atoms with E-state index in [4.69, 9.17) is 15.2 Å². The number of nitrogens with zero attached hydrogens (tertiary/aromatic N) is 2. The first kappa shape index (κ1) is 21.9. The summed E-state index contributed by atoms with van der Waals surface area (Å²) in [5.74, 6) is 0.536. The molecule has 0 saturated carbocycles. The van der Waals surface area contributed by atoms with Gasteiger partial charge in [0.1, 0.15) is 5.82 Å². The Bertz CT molecular complexity index is 521. The Morgan fingerprint density at radius 1 is 1.16 bits per heavy atom. The maximum Gasteiger partial charge on any atom is 0.242 e. The summed E-state index contributed by atoms with van der Waals surface area (Å²) >= 11 is 0. The van der Waals surface area contributed by atoms with Gasteiger partial charge in [0.25, 0.3) is 0 Å². The van der Waals surface area contributed by atoms with E-state index in [0.29, 0.717) is 19.0 Å². The van der Waals surface area contributed by atoms with Gasteiger partial charge in [0, 0.05) is 26.3 Å². The van der Waals surface area contributed by atoms with Crippen LogP contribution in [0.3, 0.4) is 0 Å². The van der Waals surface area contributed by atoms with Crippen LogP contribution in [0.25, 0.3) is 0 Å². The van der Waals surface area contributed by atoms with Crippen LogP contribution in [0.15, 0.2) is 18.3 Å². The predicted molar refractivity (Wildman–Crippen MR) is 102 cm³/mol. The number of amides is 1. The third-order valence-corrected chi connectivity index (χ3v) is 4.45. The molecule has 1 atom stereocenters. The van der Waals surface area contributed by atoms with Crippen molar-refractivity contribution in [1.29, 1.82) is 0 Å². The van der Waals surface area contributed by atoms with Crippen molar-refractivity contribution in [3.63, 3.8) is 0 Å². The van der Waals surface area contributed by atoms with Crippen LogP contribution >= 0.6 is 24.8 Å². The molecule has 0 radical (unpaired) electrons. The molecule has 1 unspecified atom stereocenters. The second-order valence-corrected chi connectivity index (χ2v) is 5.97. The quantitative estimate of drug-likeness (QED) is 0.805. The Balaban J connectivity index is 0.00000156. The van der Waals surface area contributed by atoms with Crippen LogP contribution < -0.4 is 16.0 Å². The van der Waals surface area contributed by atoms with Gasteiger partial charge in [-0.1, -0.05) is 0 Å². The van der Waals surface area contributed by atoms with Crippen molar-refractivity contribution < 1.29 is 14.3 Å². The van der Waals surface area contributed by atoms with Crippen LogP contribution in [0.4, 0.5) is 11.5 Å². The summed E-state index contributed by atoms with van der Waals surface area (Å²) in [6.45, 7) is 4.55. The highest BCUT2D eigenvalue weighted by molar-refractivity contribution is 5.94. The summed E-state index contributed by atoms with van der Waals surface area (Å²) in [6.07, 6.45) is 3.44. The number of hydrogen-bond acceptors (Lipinski definition) is 6. The molecule has 1 aromatic heterocycles.